The second-order valence-corrected chi connectivity index (χ2v) is 5.86. The fourth-order valence-electron chi connectivity index (χ4n) is 2.66. The van der Waals surface area contributed by atoms with Gasteiger partial charge < -0.3 is 14.7 Å². The SMILES string of the molecule is Cc1nc(C(F)(F)F)ccc1C(=O)N(CCC(=O)O)C[C@@H]1CCCO1. The first-order valence-corrected chi connectivity index (χ1v) is 7.86. The molecule has 1 aliphatic heterocycles. The fraction of sp³-hybridized carbons (Fsp3) is 0.562. The quantitative estimate of drug-likeness (QED) is 0.843. The van der Waals surface area contributed by atoms with Gasteiger partial charge in [0.05, 0.1) is 23.8 Å². The molecule has 0 aliphatic carbocycles. The first-order chi connectivity index (χ1) is 11.7. The van der Waals surface area contributed by atoms with Crippen molar-refractivity contribution in [3.05, 3.63) is 29.1 Å². The minimum absolute atomic E-state index is 0.0244. The summed E-state index contributed by atoms with van der Waals surface area (Å²) < 4.78 is 43.6. The van der Waals surface area contributed by atoms with Crippen molar-refractivity contribution in [3.8, 4) is 0 Å². The van der Waals surface area contributed by atoms with E-state index in [0.29, 0.717) is 6.61 Å². The van der Waals surface area contributed by atoms with Gasteiger partial charge in [0.2, 0.25) is 0 Å². The number of hydrogen-bond donors (Lipinski definition) is 1. The Kier molecular flexibility index (Phi) is 5.99. The highest BCUT2D eigenvalue weighted by molar-refractivity contribution is 5.95. The third-order valence-electron chi connectivity index (χ3n) is 3.94. The number of carbonyl (C=O) groups is 2. The van der Waals surface area contributed by atoms with Crippen molar-refractivity contribution in [1.82, 2.24) is 9.88 Å². The van der Waals surface area contributed by atoms with Crippen LogP contribution in [-0.2, 0) is 15.7 Å². The van der Waals surface area contributed by atoms with Crippen LogP contribution < -0.4 is 0 Å². The number of halogens is 3. The number of aliphatic carboxylic acids is 1. The van der Waals surface area contributed by atoms with Crippen molar-refractivity contribution in [2.75, 3.05) is 19.7 Å². The third kappa shape index (κ3) is 5.15. The van der Waals surface area contributed by atoms with Crippen LogP contribution in [0, 0.1) is 6.92 Å². The zero-order chi connectivity index (χ0) is 18.6. The summed E-state index contributed by atoms with van der Waals surface area (Å²) in [6.07, 6.45) is -3.44. The summed E-state index contributed by atoms with van der Waals surface area (Å²) in [5.74, 6) is -1.61. The molecular formula is C16H19F3N2O4. The predicted octanol–water partition coefficient (Wildman–Crippen LogP) is 2.50. The van der Waals surface area contributed by atoms with Crippen LogP contribution in [0.5, 0.6) is 0 Å². The van der Waals surface area contributed by atoms with Gasteiger partial charge in [-0.15, -0.1) is 0 Å². The molecule has 0 radical (unpaired) electrons. The van der Waals surface area contributed by atoms with Gasteiger partial charge in [0.25, 0.3) is 5.91 Å². The number of amides is 1. The molecule has 1 amide bonds. The standard InChI is InChI=1S/C16H19F3N2O4/c1-10-12(4-5-13(20-10)16(17,18)19)15(24)21(7-6-14(22)23)9-11-3-2-8-25-11/h4-5,11H,2-3,6-9H2,1H3,(H,22,23)/t11-/m0/s1. The molecule has 0 unspecified atom stereocenters. The minimum Gasteiger partial charge on any atom is -0.481 e. The zero-order valence-electron chi connectivity index (χ0n) is 13.7. The lowest BCUT2D eigenvalue weighted by Crippen LogP contribution is -2.39. The van der Waals surface area contributed by atoms with E-state index in [1.807, 2.05) is 0 Å². The number of rotatable bonds is 6. The minimum atomic E-state index is -4.59. The molecule has 1 aromatic heterocycles. The van der Waals surface area contributed by atoms with E-state index in [4.69, 9.17) is 9.84 Å². The molecule has 2 rings (SSSR count). The molecule has 1 fully saturated rings. The Bertz CT molecular complexity index is 643. The molecule has 138 valence electrons. The number of pyridine rings is 1. The summed E-state index contributed by atoms with van der Waals surface area (Å²) in [5.41, 5.74) is -1.10. The first kappa shape index (κ1) is 19.2. The Balaban J connectivity index is 2.20. The van der Waals surface area contributed by atoms with E-state index >= 15 is 0 Å². The summed E-state index contributed by atoms with van der Waals surface area (Å²) >= 11 is 0. The number of aromatic nitrogens is 1. The first-order valence-electron chi connectivity index (χ1n) is 7.86. The number of aryl methyl sites for hydroxylation is 1. The maximum absolute atomic E-state index is 12.7. The van der Waals surface area contributed by atoms with Gasteiger partial charge in [-0.2, -0.15) is 13.2 Å². The molecule has 6 nitrogen and oxygen atoms in total. The molecule has 9 heteroatoms. The van der Waals surface area contributed by atoms with Gasteiger partial charge in [0.15, 0.2) is 0 Å². The number of carboxylic acid groups (broad SMARTS) is 1. The lowest BCUT2D eigenvalue weighted by molar-refractivity contribution is -0.141. The van der Waals surface area contributed by atoms with Gasteiger partial charge in [0, 0.05) is 19.7 Å². The van der Waals surface area contributed by atoms with Gasteiger partial charge in [0.1, 0.15) is 5.69 Å². The highest BCUT2D eigenvalue weighted by atomic mass is 19.4. The van der Waals surface area contributed by atoms with E-state index < -0.39 is 23.7 Å². The van der Waals surface area contributed by atoms with Crippen LogP contribution in [0.2, 0.25) is 0 Å². The van der Waals surface area contributed by atoms with E-state index in [1.54, 1.807) is 0 Å². The van der Waals surface area contributed by atoms with Crippen LogP contribution >= 0.6 is 0 Å². The molecule has 0 aromatic carbocycles. The molecular weight excluding hydrogens is 341 g/mol. The maximum atomic E-state index is 12.7. The fourth-order valence-corrected chi connectivity index (χ4v) is 2.66. The average molecular weight is 360 g/mol. The van der Waals surface area contributed by atoms with E-state index in [9.17, 15) is 22.8 Å². The Hall–Kier alpha value is -2.16. The Labute approximate surface area is 142 Å². The highest BCUT2D eigenvalue weighted by Crippen LogP contribution is 2.28. The number of ether oxygens (including phenoxy) is 1. The van der Waals surface area contributed by atoms with Gasteiger partial charge in [-0.3, -0.25) is 9.59 Å². The Morgan fingerprint density at radius 3 is 2.64 bits per heavy atom. The second kappa shape index (κ2) is 7.81. The lowest BCUT2D eigenvalue weighted by Gasteiger charge is -2.25. The molecule has 1 atom stereocenters. The van der Waals surface area contributed by atoms with Crippen LogP contribution in [0.3, 0.4) is 0 Å². The summed E-state index contributed by atoms with van der Waals surface area (Å²) in [6, 6.07) is 1.83. The number of carbonyl (C=O) groups excluding carboxylic acids is 1. The number of nitrogens with zero attached hydrogens (tertiary/aromatic N) is 2. The van der Waals surface area contributed by atoms with Crippen molar-refractivity contribution >= 4 is 11.9 Å². The Morgan fingerprint density at radius 1 is 1.40 bits per heavy atom. The average Bonchev–Trinajstić information content (AvgIpc) is 3.02. The number of carboxylic acids is 1. The van der Waals surface area contributed by atoms with Crippen molar-refractivity contribution < 1.29 is 32.6 Å². The summed E-state index contributed by atoms with van der Waals surface area (Å²) in [5, 5.41) is 8.85. The smallest absolute Gasteiger partial charge is 0.433 e. The highest BCUT2D eigenvalue weighted by Gasteiger charge is 2.33. The van der Waals surface area contributed by atoms with Crippen molar-refractivity contribution in [2.45, 2.75) is 38.5 Å². The molecule has 1 aromatic rings. The molecule has 1 aliphatic rings. The third-order valence-corrected chi connectivity index (χ3v) is 3.94. The van der Waals surface area contributed by atoms with E-state index in [2.05, 4.69) is 4.98 Å². The van der Waals surface area contributed by atoms with Crippen molar-refractivity contribution in [3.63, 3.8) is 0 Å². The van der Waals surface area contributed by atoms with Crippen LogP contribution in [0.25, 0.3) is 0 Å². The van der Waals surface area contributed by atoms with Crippen LogP contribution in [0.15, 0.2) is 12.1 Å². The van der Waals surface area contributed by atoms with E-state index in [-0.39, 0.29) is 36.9 Å². The summed E-state index contributed by atoms with van der Waals surface area (Å²) in [7, 11) is 0. The predicted molar refractivity (Wildman–Crippen MR) is 81.1 cm³/mol. The normalized spacial score (nSPS) is 17.5. The van der Waals surface area contributed by atoms with Crippen molar-refractivity contribution in [1.29, 1.82) is 0 Å². The van der Waals surface area contributed by atoms with Gasteiger partial charge >= 0.3 is 12.1 Å². The number of alkyl halides is 3. The van der Waals surface area contributed by atoms with E-state index in [1.165, 1.54) is 11.8 Å². The topological polar surface area (TPSA) is 79.7 Å². The molecule has 2 heterocycles. The largest absolute Gasteiger partial charge is 0.481 e. The lowest BCUT2D eigenvalue weighted by atomic mass is 10.1. The van der Waals surface area contributed by atoms with Gasteiger partial charge in [-0.05, 0) is 31.9 Å². The summed E-state index contributed by atoms with van der Waals surface area (Å²) in [4.78, 5) is 28.3. The van der Waals surface area contributed by atoms with Crippen LogP contribution in [-0.4, -0.2) is 52.7 Å². The van der Waals surface area contributed by atoms with Crippen LogP contribution in [0.1, 0.15) is 41.0 Å². The molecule has 0 saturated carbocycles. The zero-order valence-corrected chi connectivity index (χ0v) is 13.7. The van der Waals surface area contributed by atoms with Gasteiger partial charge in [-0.1, -0.05) is 0 Å². The Morgan fingerprint density at radius 2 is 2.12 bits per heavy atom. The summed E-state index contributed by atoms with van der Waals surface area (Å²) in [6.45, 7) is 2.05. The molecule has 0 spiro atoms. The molecule has 0 bridgehead atoms. The van der Waals surface area contributed by atoms with Crippen molar-refractivity contribution in [2.24, 2.45) is 0 Å². The van der Waals surface area contributed by atoms with Crippen LogP contribution in [0.4, 0.5) is 13.2 Å². The second-order valence-electron chi connectivity index (χ2n) is 5.86. The monoisotopic (exact) mass is 360 g/mol. The van der Waals surface area contributed by atoms with Gasteiger partial charge in [-0.25, -0.2) is 4.98 Å². The molecule has 1 saturated heterocycles. The molecule has 1 N–H and O–H groups in total. The number of hydrogen-bond acceptors (Lipinski definition) is 4. The van der Waals surface area contributed by atoms with E-state index in [0.717, 1.165) is 25.0 Å². The molecule has 25 heavy (non-hydrogen) atoms. The maximum Gasteiger partial charge on any atom is 0.433 e.